The Hall–Kier alpha value is -1.61. The van der Waals surface area contributed by atoms with E-state index in [2.05, 4.69) is 16.7 Å². The number of amides is 3. The van der Waals surface area contributed by atoms with Crippen molar-refractivity contribution in [1.29, 1.82) is 5.26 Å². The zero-order chi connectivity index (χ0) is 15.3. The minimum absolute atomic E-state index is 0.0886. The van der Waals surface area contributed by atoms with E-state index in [0.29, 0.717) is 13.1 Å². The highest BCUT2D eigenvalue weighted by atomic mass is 16.2. The zero-order valence-corrected chi connectivity index (χ0v) is 12.7. The SMILES string of the molecule is CC(C(=O)NC(=O)NC(C)(C)C)N1CCC(C#N)CC1. The summed E-state index contributed by atoms with van der Waals surface area (Å²) in [4.78, 5) is 25.7. The van der Waals surface area contributed by atoms with E-state index in [1.165, 1.54) is 0 Å². The molecule has 0 aliphatic carbocycles. The van der Waals surface area contributed by atoms with E-state index < -0.39 is 6.03 Å². The molecule has 0 saturated carbocycles. The number of carbonyl (C=O) groups excluding carboxylic acids is 2. The molecule has 1 atom stereocenters. The van der Waals surface area contributed by atoms with Gasteiger partial charge < -0.3 is 5.32 Å². The van der Waals surface area contributed by atoms with Crippen LogP contribution in [-0.2, 0) is 4.79 Å². The molecule has 1 unspecified atom stereocenters. The van der Waals surface area contributed by atoms with Crippen molar-refractivity contribution in [3.8, 4) is 6.07 Å². The number of nitrogens with zero attached hydrogens (tertiary/aromatic N) is 2. The normalized spacial score (nSPS) is 18.9. The third kappa shape index (κ3) is 5.17. The van der Waals surface area contributed by atoms with E-state index in [4.69, 9.17) is 5.26 Å². The van der Waals surface area contributed by atoms with Crippen molar-refractivity contribution in [3.63, 3.8) is 0 Å². The van der Waals surface area contributed by atoms with Gasteiger partial charge in [0.25, 0.3) is 0 Å². The number of hydrogen-bond donors (Lipinski definition) is 2. The topological polar surface area (TPSA) is 85.2 Å². The molecular formula is C14H24N4O2. The summed E-state index contributed by atoms with van der Waals surface area (Å²) in [5.74, 6) is -0.215. The molecule has 1 rings (SSSR count). The van der Waals surface area contributed by atoms with Gasteiger partial charge in [-0.2, -0.15) is 5.26 Å². The Balaban J connectivity index is 2.44. The van der Waals surface area contributed by atoms with Crippen LogP contribution >= 0.6 is 0 Å². The molecule has 0 radical (unpaired) electrons. The molecule has 0 aromatic heterocycles. The van der Waals surface area contributed by atoms with Crippen LogP contribution in [0.25, 0.3) is 0 Å². The second-order valence-corrected chi connectivity index (χ2v) is 6.31. The number of nitrogens with one attached hydrogen (secondary N) is 2. The molecule has 20 heavy (non-hydrogen) atoms. The molecule has 0 spiro atoms. The van der Waals surface area contributed by atoms with Gasteiger partial charge in [0.1, 0.15) is 0 Å². The minimum atomic E-state index is -0.471. The van der Waals surface area contributed by atoms with Gasteiger partial charge >= 0.3 is 6.03 Å². The smallest absolute Gasteiger partial charge is 0.321 e. The van der Waals surface area contributed by atoms with Gasteiger partial charge in [-0.25, -0.2) is 4.79 Å². The molecule has 1 saturated heterocycles. The fourth-order valence-electron chi connectivity index (χ4n) is 2.17. The molecule has 3 amide bonds. The molecular weight excluding hydrogens is 256 g/mol. The van der Waals surface area contributed by atoms with E-state index in [1.807, 2.05) is 25.7 Å². The standard InChI is InChI=1S/C14H24N4O2/c1-10(18-7-5-11(9-15)6-8-18)12(19)16-13(20)17-14(2,3)4/h10-11H,5-8H2,1-4H3,(H2,16,17,19,20). The Morgan fingerprint density at radius 2 is 1.85 bits per heavy atom. The molecule has 6 heteroatoms. The lowest BCUT2D eigenvalue weighted by atomic mass is 9.97. The molecule has 1 aliphatic rings. The van der Waals surface area contributed by atoms with Crippen LogP contribution in [0.15, 0.2) is 0 Å². The summed E-state index contributed by atoms with van der Waals surface area (Å²) >= 11 is 0. The lowest BCUT2D eigenvalue weighted by Crippen LogP contribution is -2.54. The molecule has 2 N–H and O–H groups in total. The predicted octanol–water partition coefficient (Wildman–Crippen LogP) is 1.23. The van der Waals surface area contributed by atoms with E-state index >= 15 is 0 Å². The lowest BCUT2D eigenvalue weighted by Gasteiger charge is -2.33. The van der Waals surface area contributed by atoms with Crippen molar-refractivity contribution in [2.24, 2.45) is 5.92 Å². The predicted molar refractivity (Wildman–Crippen MR) is 75.8 cm³/mol. The number of piperidine rings is 1. The van der Waals surface area contributed by atoms with Gasteiger partial charge in [0.05, 0.1) is 12.1 Å². The van der Waals surface area contributed by atoms with Gasteiger partial charge in [0.15, 0.2) is 0 Å². The number of imide groups is 1. The van der Waals surface area contributed by atoms with Crippen LogP contribution in [0.1, 0.15) is 40.5 Å². The van der Waals surface area contributed by atoms with Crippen LogP contribution in [0.2, 0.25) is 0 Å². The second-order valence-electron chi connectivity index (χ2n) is 6.31. The fourth-order valence-corrected chi connectivity index (χ4v) is 2.17. The summed E-state index contributed by atoms with van der Waals surface area (Å²) in [7, 11) is 0. The van der Waals surface area contributed by atoms with E-state index in [9.17, 15) is 9.59 Å². The van der Waals surface area contributed by atoms with Crippen LogP contribution in [-0.4, -0.2) is 41.5 Å². The van der Waals surface area contributed by atoms with Gasteiger partial charge in [-0.3, -0.25) is 15.0 Å². The van der Waals surface area contributed by atoms with Crippen molar-refractivity contribution in [2.75, 3.05) is 13.1 Å². The Labute approximate surface area is 120 Å². The Bertz CT molecular complexity index is 400. The highest BCUT2D eigenvalue weighted by Crippen LogP contribution is 2.18. The summed E-state index contributed by atoms with van der Waals surface area (Å²) in [6, 6.07) is 1.43. The van der Waals surface area contributed by atoms with Crippen molar-refractivity contribution in [2.45, 2.75) is 52.1 Å². The highest BCUT2D eigenvalue weighted by Gasteiger charge is 2.27. The van der Waals surface area contributed by atoms with Crippen molar-refractivity contribution in [1.82, 2.24) is 15.5 Å². The number of likely N-dealkylation sites (tertiary alicyclic amines) is 1. The molecule has 0 aromatic carbocycles. The first kappa shape index (κ1) is 16.4. The van der Waals surface area contributed by atoms with Gasteiger partial charge in [0.2, 0.25) is 5.91 Å². The lowest BCUT2D eigenvalue weighted by molar-refractivity contribution is -0.125. The average Bonchev–Trinajstić information content (AvgIpc) is 2.35. The number of rotatable bonds is 2. The first-order valence-electron chi connectivity index (χ1n) is 6.99. The summed E-state index contributed by atoms with van der Waals surface area (Å²) in [5, 5.41) is 13.9. The van der Waals surface area contributed by atoms with Crippen molar-refractivity contribution < 1.29 is 9.59 Å². The largest absolute Gasteiger partial charge is 0.333 e. The van der Waals surface area contributed by atoms with Crippen LogP contribution in [0.5, 0.6) is 0 Å². The summed E-state index contributed by atoms with van der Waals surface area (Å²) in [6.07, 6.45) is 1.56. The first-order chi connectivity index (χ1) is 9.23. The third-order valence-electron chi connectivity index (χ3n) is 3.36. The van der Waals surface area contributed by atoms with E-state index in [1.54, 1.807) is 6.92 Å². The molecule has 0 aromatic rings. The molecule has 1 fully saturated rings. The van der Waals surface area contributed by atoms with Crippen LogP contribution in [0, 0.1) is 17.2 Å². The van der Waals surface area contributed by atoms with Gasteiger partial charge in [-0.05, 0) is 40.5 Å². The maximum atomic E-state index is 12.0. The minimum Gasteiger partial charge on any atom is -0.333 e. The third-order valence-corrected chi connectivity index (χ3v) is 3.36. The maximum Gasteiger partial charge on any atom is 0.321 e. The van der Waals surface area contributed by atoms with E-state index in [0.717, 1.165) is 12.8 Å². The summed E-state index contributed by atoms with van der Waals surface area (Å²) in [5.41, 5.74) is -0.376. The molecule has 0 bridgehead atoms. The van der Waals surface area contributed by atoms with Gasteiger partial charge in [-0.1, -0.05) is 0 Å². The van der Waals surface area contributed by atoms with Crippen molar-refractivity contribution in [3.05, 3.63) is 0 Å². The summed E-state index contributed by atoms with van der Waals surface area (Å²) in [6.45, 7) is 8.78. The Kier molecular flexibility index (Phi) is 5.52. The molecule has 1 aliphatic heterocycles. The zero-order valence-electron chi connectivity index (χ0n) is 12.7. The monoisotopic (exact) mass is 280 g/mol. The Morgan fingerprint density at radius 3 is 2.30 bits per heavy atom. The fraction of sp³-hybridized carbons (Fsp3) is 0.786. The van der Waals surface area contributed by atoms with E-state index in [-0.39, 0.29) is 23.4 Å². The second kappa shape index (κ2) is 6.71. The van der Waals surface area contributed by atoms with Crippen molar-refractivity contribution >= 4 is 11.9 Å². The average molecular weight is 280 g/mol. The van der Waals surface area contributed by atoms with Gasteiger partial charge in [0, 0.05) is 24.5 Å². The number of carbonyl (C=O) groups is 2. The highest BCUT2D eigenvalue weighted by molar-refractivity contribution is 5.97. The Morgan fingerprint density at radius 1 is 1.30 bits per heavy atom. The quantitative estimate of drug-likeness (QED) is 0.797. The first-order valence-corrected chi connectivity index (χ1v) is 6.99. The molecule has 112 valence electrons. The molecule has 1 heterocycles. The van der Waals surface area contributed by atoms with Crippen LogP contribution in [0.4, 0.5) is 4.79 Å². The van der Waals surface area contributed by atoms with Crippen LogP contribution < -0.4 is 10.6 Å². The maximum absolute atomic E-state index is 12.0. The number of urea groups is 1. The number of nitriles is 1. The van der Waals surface area contributed by atoms with Crippen LogP contribution in [0.3, 0.4) is 0 Å². The summed E-state index contributed by atoms with van der Waals surface area (Å²) < 4.78 is 0. The number of hydrogen-bond acceptors (Lipinski definition) is 4. The molecule has 6 nitrogen and oxygen atoms in total. The van der Waals surface area contributed by atoms with Gasteiger partial charge in [-0.15, -0.1) is 0 Å².